The molecule has 4 aromatic heterocycles. The lowest BCUT2D eigenvalue weighted by atomic mass is 10.1. The predicted molar refractivity (Wildman–Crippen MR) is 132 cm³/mol. The number of nitrogens with zero attached hydrogens (tertiary/aromatic N) is 6. The van der Waals surface area contributed by atoms with Gasteiger partial charge in [-0.1, -0.05) is 6.07 Å². The zero-order valence-corrected chi connectivity index (χ0v) is 19.1. The van der Waals surface area contributed by atoms with E-state index >= 15 is 0 Å². The molecule has 0 bridgehead atoms. The molecule has 0 atom stereocenters. The van der Waals surface area contributed by atoms with Crippen LogP contribution in [0.15, 0.2) is 55.1 Å². The highest BCUT2D eigenvalue weighted by Gasteiger charge is 2.16. The van der Waals surface area contributed by atoms with Gasteiger partial charge < -0.3 is 24.5 Å². The molecule has 0 saturated carbocycles. The minimum atomic E-state index is -0.362. The molecule has 1 saturated heterocycles. The summed E-state index contributed by atoms with van der Waals surface area (Å²) < 4.78 is 16.3. The van der Waals surface area contributed by atoms with E-state index in [0.29, 0.717) is 17.2 Å². The van der Waals surface area contributed by atoms with Crippen molar-refractivity contribution in [2.75, 3.05) is 43.4 Å². The first-order valence-electron chi connectivity index (χ1n) is 11.3. The minimum Gasteiger partial charge on any atom is -0.369 e. The van der Waals surface area contributed by atoms with Crippen molar-refractivity contribution in [3.8, 4) is 11.1 Å². The molecule has 34 heavy (non-hydrogen) atoms. The number of H-pyrrole nitrogens is 1. The number of hydrogen-bond acceptors (Lipinski definition) is 6. The molecule has 6 rings (SSSR count). The number of imidazole rings is 1. The Bertz CT molecular complexity index is 1500. The molecule has 1 fully saturated rings. The molecule has 0 spiro atoms. The van der Waals surface area contributed by atoms with Crippen molar-refractivity contribution >= 4 is 34.0 Å². The van der Waals surface area contributed by atoms with E-state index in [1.165, 1.54) is 11.8 Å². The van der Waals surface area contributed by atoms with Crippen molar-refractivity contribution in [1.82, 2.24) is 29.2 Å². The zero-order chi connectivity index (χ0) is 23.2. The SMILES string of the molecule is Cc1cn2cc(-c3c[nH]c4nc(Nc5cccc(N6CCN(C)CC6)c5)ncc34)cc(F)c2n1. The maximum absolute atomic E-state index is 14.6. The number of aromatic nitrogens is 5. The Balaban J connectivity index is 1.27. The van der Waals surface area contributed by atoms with E-state index in [2.05, 4.69) is 54.2 Å². The summed E-state index contributed by atoms with van der Waals surface area (Å²) in [6, 6.07) is 9.82. The number of aryl methyl sites for hydroxylation is 1. The van der Waals surface area contributed by atoms with E-state index in [0.717, 1.165) is 54.1 Å². The van der Waals surface area contributed by atoms with Crippen LogP contribution in [0.25, 0.3) is 27.8 Å². The second-order valence-corrected chi connectivity index (χ2v) is 8.81. The lowest BCUT2D eigenvalue weighted by molar-refractivity contribution is 0.313. The van der Waals surface area contributed by atoms with E-state index in [-0.39, 0.29) is 5.82 Å². The van der Waals surface area contributed by atoms with Crippen LogP contribution >= 0.6 is 0 Å². The first kappa shape index (κ1) is 20.6. The third-order valence-electron chi connectivity index (χ3n) is 6.34. The normalized spacial score (nSPS) is 14.9. The predicted octanol–water partition coefficient (Wildman–Crippen LogP) is 4.22. The number of anilines is 3. The molecule has 5 aromatic rings. The van der Waals surface area contributed by atoms with E-state index < -0.39 is 0 Å². The topological polar surface area (TPSA) is 77.4 Å². The fourth-order valence-electron chi connectivity index (χ4n) is 4.51. The fourth-order valence-corrected chi connectivity index (χ4v) is 4.51. The molecule has 9 heteroatoms. The molecular formula is C25H25FN8. The zero-order valence-electron chi connectivity index (χ0n) is 19.1. The number of halogens is 1. The van der Waals surface area contributed by atoms with Crippen molar-refractivity contribution in [2.24, 2.45) is 0 Å². The lowest BCUT2D eigenvalue weighted by Gasteiger charge is -2.34. The van der Waals surface area contributed by atoms with Gasteiger partial charge in [-0.15, -0.1) is 0 Å². The van der Waals surface area contributed by atoms with Gasteiger partial charge in [-0.3, -0.25) is 0 Å². The van der Waals surface area contributed by atoms with E-state index in [1.807, 2.05) is 37.6 Å². The van der Waals surface area contributed by atoms with Crippen molar-refractivity contribution in [3.05, 3.63) is 66.6 Å². The molecule has 172 valence electrons. The molecule has 0 aliphatic carbocycles. The number of rotatable bonds is 4. The van der Waals surface area contributed by atoms with Gasteiger partial charge >= 0.3 is 0 Å². The first-order valence-corrected chi connectivity index (χ1v) is 11.3. The number of pyridine rings is 1. The van der Waals surface area contributed by atoms with Gasteiger partial charge in [0, 0.05) is 78.9 Å². The maximum Gasteiger partial charge on any atom is 0.229 e. The molecule has 5 heterocycles. The van der Waals surface area contributed by atoms with Crippen molar-refractivity contribution in [1.29, 1.82) is 0 Å². The number of hydrogen-bond donors (Lipinski definition) is 2. The van der Waals surface area contributed by atoms with Crippen LogP contribution in [0.4, 0.5) is 21.7 Å². The monoisotopic (exact) mass is 456 g/mol. The number of nitrogens with one attached hydrogen (secondary N) is 2. The summed E-state index contributed by atoms with van der Waals surface area (Å²) in [6.07, 6.45) is 7.28. The largest absolute Gasteiger partial charge is 0.369 e. The summed E-state index contributed by atoms with van der Waals surface area (Å²) in [4.78, 5) is 21.3. The summed E-state index contributed by atoms with van der Waals surface area (Å²) in [5.41, 5.74) is 5.47. The Labute approximate surface area is 196 Å². The van der Waals surface area contributed by atoms with Gasteiger partial charge in [0.05, 0.1) is 5.69 Å². The summed E-state index contributed by atoms with van der Waals surface area (Å²) in [6.45, 7) is 5.99. The molecule has 2 N–H and O–H groups in total. The average Bonchev–Trinajstić information content (AvgIpc) is 3.42. The highest BCUT2D eigenvalue weighted by Crippen LogP contribution is 2.30. The Morgan fingerprint density at radius 3 is 2.76 bits per heavy atom. The number of benzene rings is 1. The average molecular weight is 457 g/mol. The van der Waals surface area contributed by atoms with Gasteiger partial charge in [0.2, 0.25) is 5.95 Å². The Kier molecular flexibility index (Phi) is 4.91. The van der Waals surface area contributed by atoms with Crippen LogP contribution in [-0.4, -0.2) is 62.5 Å². The molecule has 1 aliphatic heterocycles. The van der Waals surface area contributed by atoms with Crippen LogP contribution in [0.1, 0.15) is 5.69 Å². The lowest BCUT2D eigenvalue weighted by Crippen LogP contribution is -2.44. The van der Waals surface area contributed by atoms with Gasteiger partial charge in [-0.05, 0) is 38.2 Å². The summed E-state index contributed by atoms with van der Waals surface area (Å²) in [5, 5.41) is 4.14. The molecule has 0 unspecified atom stereocenters. The first-order chi connectivity index (χ1) is 16.5. The number of piperazine rings is 1. The fraction of sp³-hybridized carbons (Fsp3) is 0.240. The van der Waals surface area contributed by atoms with Crippen molar-refractivity contribution < 1.29 is 4.39 Å². The van der Waals surface area contributed by atoms with Gasteiger partial charge in [0.15, 0.2) is 11.5 Å². The number of fused-ring (bicyclic) bond motifs is 2. The molecule has 1 aromatic carbocycles. The van der Waals surface area contributed by atoms with E-state index in [1.54, 1.807) is 10.6 Å². The van der Waals surface area contributed by atoms with Gasteiger partial charge in [-0.2, -0.15) is 4.98 Å². The van der Waals surface area contributed by atoms with E-state index in [9.17, 15) is 4.39 Å². The summed E-state index contributed by atoms with van der Waals surface area (Å²) in [7, 11) is 2.16. The van der Waals surface area contributed by atoms with Gasteiger partial charge in [0.1, 0.15) is 5.65 Å². The molecular weight excluding hydrogens is 431 g/mol. The minimum absolute atomic E-state index is 0.322. The smallest absolute Gasteiger partial charge is 0.229 e. The van der Waals surface area contributed by atoms with Gasteiger partial charge in [-0.25, -0.2) is 14.4 Å². The molecule has 1 aliphatic rings. The third-order valence-corrected chi connectivity index (χ3v) is 6.34. The second kappa shape index (κ2) is 8.11. The third kappa shape index (κ3) is 3.73. The van der Waals surface area contributed by atoms with Crippen LogP contribution in [0.2, 0.25) is 0 Å². The van der Waals surface area contributed by atoms with Gasteiger partial charge in [0.25, 0.3) is 0 Å². The summed E-state index contributed by atoms with van der Waals surface area (Å²) in [5.74, 6) is 0.141. The van der Waals surface area contributed by atoms with Crippen LogP contribution in [-0.2, 0) is 0 Å². The summed E-state index contributed by atoms with van der Waals surface area (Å²) >= 11 is 0. The molecule has 0 radical (unpaired) electrons. The standard InChI is InChI=1S/C25H25FN8/c1-16-14-34-15-17(10-22(26)24(34)29-16)20-12-27-23-21(20)13-28-25(31-23)30-18-4-3-5-19(11-18)33-8-6-32(2)7-9-33/h3-5,10-15H,6-9H2,1-2H3,(H2,27,28,30,31). The Hall–Kier alpha value is -3.98. The molecule has 0 amide bonds. The highest BCUT2D eigenvalue weighted by atomic mass is 19.1. The van der Waals surface area contributed by atoms with Crippen molar-refractivity contribution in [3.63, 3.8) is 0 Å². The number of aromatic amines is 1. The highest BCUT2D eigenvalue weighted by molar-refractivity contribution is 5.93. The quantitative estimate of drug-likeness (QED) is 0.422. The van der Waals surface area contributed by atoms with Crippen LogP contribution in [0.3, 0.4) is 0 Å². The Morgan fingerprint density at radius 1 is 1.06 bits per heavy atom. The van der Waals surface area contributed by atoms with Crippen LogP contribution < -0.4 is 10.2 Å². The van der Waals surface area contributed by atoms with Crippen LogP contribution in [0, 0.1) is 12.7 Å². The number of likely N-dealkylation sites (N-methyl/N-ethyl adjacent to an activating group) is 1. The Morgan fingerprint density at radius 2 is 1.91 bits per heavy atom. The van der Waals surface area contributed by atoms with E-state index in [4.69, 9.17) is 0 Å². The molecule has 8 nitrogen and oxygen atoms in total. The maximum atomic E-state index is 14.6. The second-order valence-electron chi connectivity index (χ2n) is 8.81. The van der Waals surface area contributed by atoms with Crippen molar-refractivity contribution in [2.45, 2.75) is 6.92 Å². The van der Waals surface area contributed by atoms with Crippen LogP contribution in [0.5, 0.6) is 0 Å².